The number of hydrogen-bond donors (Lipinski definition) is 3. The molecule has 1 aliphatic rings. The van der Waals surface area contributed by atoms with Gasteiger partial charge in [-0.25, -0.2) is 9.97 Å². The molecule has 0 saturated carbocycles. The summed E-state index contributed by atoms with van der Waals surface area (Å²) in [5.41, 5.74) is 12.6. The number of aliphatic hydroxyl groups excluding tert-OH is 1. The molecule has 41 heavy (non-hydrogen) atoms. The standard InChI is InChI=1S/C32H34Cl2N4O3/c1-40-31-21(25(35)11-6-18-39)13-15-27(37-31)22-9-3-7-19(29(22)33)20-8-4-10-23(30(20)34)28-16-14-24(32(38-28)41-2)26-12-5-17-36-26/h3-4,7-10,13-16,25-26,36,39H,5-6,11-12,17-18,35H2,1-2H3/t25-,26-/m0/s1. The summed E-state index contributed by atoms with van der Waals surface area (Å²) in [6, 6.07) is 19.4. The van der Waals surface area contributed by atoms with Crippen LogP contribution in [-0.2, 0) is 0 Å². The first-order valence-electron chi connectivity index (χ1n) is 13.7. The Labute approximate surface area is 250 Å². The van der Waals surface area contributed by atoms with Crippen LogP contribution in [0.25, 0.3) is 33.6 Å². The number of nitrogens with two attached hydrogens (primary N) is 1. The van der Waals surface area contributed by atoms with E-state index >= 15 is 0 Å². The number of ether oxygens (including phenoxy) is 2. The third kappa shape index (κ3) is 6.05. The Balaban J connectivity index is 1.51. The van der Waals surface area contributed by atoms with Gasteiger partial charge in [-0.15, -0.1) is 0 Å². The Kier molecular flexibility index (Phi) is 9.42. The molecule has 0 amide bonds. The van der Waals surface area contributed by atoms with Gasteiger partial charge in [0.1, 0.15) is 0 Å². The lowest BCUT2D eigenvalue weighted by Crippen LogP contribution is -2.14. The largest absolute Gasteiger partial charge is 0.481 e. The van der Waals surface area contributed by atoms with Gasteiger partial charge < -0.3 is 25.6 Å². The summed E-state index contributed by atoms with van der Waals surface area (Å²) in [5.74, 6) is 1.04. The second-order valence-corrected chi connectivity index (χ2v) is 10.8. The van der Waals surface area contributed by atoms with E-state index in [0.29, 0.717) is 40.3 Å². The molecule has 1 saturated heterocycles. The van der Waals surface area contributed by atoms with Crippen molar-refractivity contribution in [1.29, 1.82) is 0 Å². The molecule has 4 N–H and O–H groups in total. The quantitative estimate of drug-likeness (QED) is 0.182. The number of aromatic nitrogens is 2. The van der Waals surface area contributed by atoms with Crippen LogP contribution in [0.1, 0.15) is 48.9 Å². The first kappa shape index (κ1) is 29.3. The number of nitrogens with one attached hydrogen (secondary N) is 1. The molecule has 9 heteroatoms. The van der Waals surface area contributed by atoms with E-state index in [-0.39, 0.29) is 18.7 Å². The van der Waals surface area contributed by atoms with Gasteiger partial charge in [0.15, 0.2) is 0 Å². The van der Waals surface area contributed by atoms with Gasteiger partial charge in [0.25, 0.3) is 0 Å². The molecule has 2 atom stereocenters. The van der Waals surface area contributed by atoms with Crippen LogP contribution >= 0.6 is 23.2 Å². The molecule has 2 aromatic carbocycles. The Morgan fingerprint density at radius 3 is 2.02 bits per heavy atom. The number of benzene rings is 2. The van der Waals surface area contributed by atoms with E-state index in [9.17, 15) is 5.11 Å². The number of hydrogen-bond acceptors (Lipinski definition) is 7. The summed E-state index contributed by atoms with van der Waals surface area (Å²) in [6.07, 6.45) is 3.42. The minimum atomic E-state index is -0.294. The van der Waals surface area contributed by atoms with E-state index < -0.39 is 0 Å². The average molecular weight is 594 g/mol. The van der Waals surface area contributed by atoms with E-state index in [1.54, 1.807) is 14.2 Å². The highest BCUT2D eigenvalue weighted by Crippen LogP contribution is 2.43. The van der Waals surface area contributed by atoms with E-state index in [0.717, 1.165) is 58.5 Å². The van der Waals surface area contributed by atoms with Gasteiger partial charge in [-0.3, -0.25) is 0 Å². The molecule has 2 aromatic heterocycles. The molecule has 3 heterocycles. The van der Waals surface area contributed by atoms with Crippen molar-refractivity contribution in [3.8, 4) is 45.4 Å². The highest BCUT2D eigenvalue weighted by atomic mass is 35.5. The maximum absolute atomic E-state index is 9.17. The average Bonchev–Trinajstić information content (AvgIpc) is 3.54. The maximum atomic E-state index is 9.17. The zero-order valence-electron chi connectivity index (χ0n) is 23.2. The monoisotopic (exact) mass is 592 g/mol. The SMILES string of the molecule is COc1nc(-c2cccc(-c3cccc(-c4ccc([C@@H](N)CCCO)c(OC)n4)c3Cl)c2Cl)ccc1[C@@H]1CCCN1. The van der Waals surface area contributed by atoms with Crippen LogP contribution in [0.5, 0.6) is 11.8 Å². The molecule has 5 rings (SSSR count). The fraction of sp³-hybridized carbons (Fsp3) is 0.312. The van der Waals surface area contributed by atoms with E-state index in [2.05, 4.69) is 11.4 Å². The summed E-state index contributed by atoms with van der Waals surface area (Å²) in [5, 5.41) is 13.7. The topological polar surface area (TPSA) is 103 Å². The van der Waals surface area contributed by atoms with Crippen molar-refractivity contribution in [3.63, 3.8) is 0 Å². The first-order chi connectivity index (χ1) is 20.0. The molecule has 1 aliphatic heterocycles. The Morgan fingerprint density at radius 2 is 1.46 bits per heavy atom. The lowest BCUT2D eigenvalue weighted by molar-refractivity contribution is 0.279. The Morgan fingerprint density at radius 1 is 0.878 bits per heavy atom. The molecular formula is C32H34Cl2N4O3. The van der Waals surface area contributed by atoms with Crippen LogP contribution < -0.4 is 20.5 Å². The number of halogens is 2. The van der Waals surface area contributed by atoms with Crippen LogP contribution in [-0.4, -0.2) is 42.4 Å². The third-order valence-corrected chi connectivity index (χ3v) is 8.33. The van der Waals surface area contributed by atoms with Crippen molar-refractivity contribution in [2.24, 2.45) is 5.73 Å². The number of rotatable bonds is 10. The Hall–Kier alpha value is -3.20. The summed E-state index contributed by atoms with van der Waals surface area (Å²) >= 11 is 14.1. The highest BCUT2D eigenvalue weighted by Gasteiger charge is 2.23. The molecule has 0 spiro atoms. The fourth-order valence-corrected chi connectivity index (χ4v) is 6.02. The molecule has 0 unspecified atom stereocenters. The zero-order chi connectivity index (χ0) is 28.9. The highest BCUT2D eigenvalue weighted by molar-refractivity contribution is 6.39. The van der Waals surface area contributed by atoms with Gasteiger partial charge >= 0.3 is 0 Å². The number of nitrogens with zero attached hydrogens (tertiary/aromatic N) is 2. The number of methoxy groups -OCH3 is 2. The van der Waals surface area contributed by atoms with E-state index in [4.69, 9.17) is 48.4 Å². The molecule has 0 aliphatic carbocycles. The van der Waals surface area contributed by atoms with Crippen molar-refractivity contribution in [2.75, 3.05) is 27.4 Å². The van der Waals surface area contributed by atoms with Crippen molar-refractivity contribution < 1.29 is 14.6 Å². The van der Waals surface area contributed by atoms with Crippen LogP contribution in [0.2, 0.25) is 10.0 Å². The normalized spacial score (nSPS) is 15.6. The molecule has 4 aromatic rings. The predicted octanol–water partition coefficient (Wildman–Crippen LogP) is 7.00. The van der Waals surface area contributed by atoms with Crippen LogP contribution in [0, 0.1) is 0 Å². The second kappa shape index (κ2) is 13.2. The number of aliphatic hydroxyl groups is 1. The van der Waals surface area contributed by atoms with E-state index in [1.807, 2.05) is 54.6 Å². The molecule has 1 fully saturated rings. The summed E-state index contributed by atoms with van der Waals surface area (Å²) < 4.78 is 11.2. The van der Waals surface area contributed by atoms with Crippen molar-refractivity contribution in [1.82, 2.24) is 15.3 Å². The van der Waals surface area contributed by atoms with Gasteiger partial charge in [0, 0.05) is 52.1 Å². The van der Waals surface area contributed by atoms with Gasteiger partial charge in [-0.05, 0) is 56.5 Å². The van der Waals surface area contributed by atoms with Gasteiger partial charge in [0.2, 0.25) is 11.8 Å². The fourth-order valence-electron chi connectivity index (χ4n) is 5.37. The van der Waals surface area contributed by atoms with Gasteiger partial charge in [0.05, 0.1) is 35.7 Å². The predicted molar refractivity (Wildman–Crippen MR) is 165 cm³/mol. The van der Waals surface area contributed by atoms with Crippen molar-refractivity contribution >= 4 is 23.2 Å². The summed E-state index contributed by atoms with van der Waals surface area (Å²) in [4.78, 5) is 9.54. The smallest absolute Gasteiger partial charge is 0.218 e. The zero-order valence-corrected chi connectivity index (χ0v) is 24.7. The second-order valence-electron chi connectivity index (χ2n) is 10.0. The molecule has 7 nitrogen and oxygen atoms in total. The maximum Gasteiger partial charge on any atom is 0.218 e. The minimum absolute atomic E-state index is 0.0839. The lowest BCUT2D eigenvalue weighted by Gasteiger charge is -2.17. The van der Waals surface area contributed by atoms with Crippen LogP contribution in [0.4, 0.5) is 0 Å². The summed E-state index contributed by atoms with van der Waals surface area (Å²) in [6.45, 7) is 1.08. The Bertz CT molecular complexity index is 1530. The van der Waals surface area contributed by atoms with Crippen molar-refractivity contribution in [3.05, 3.63) is 81.8 Å². The summed E-state index contributed by atoms with van der Waals surface area (Å²) in [7, 11) is 3.21. The molecule has 0 bridgehead atoms. The first-order valence-corrected chi connectivity index (χ1v) is 14.5. The van der Waals surface area contributed by atoms with Crippen molar-refractivity contribution in [2.45, 2.75) is 37.8 Å². The van der Waals surface area contributed by atoms with Crippen LogP contribution in [0.3, 0.4) is 0 Å². The molecular weight excluding hydrogens is 559 g/mol. The lowest BCUT2D eigenvalue weighted by atomic mass is 9.97. The van der Waals surface area contributed by atoms with Gasteiger partial charge in [-0.1, -0.05) is 59.6 Å². The van der Waals surface area contributed by atoms with E-state index in [1.165, 1.54) is 0 Å². The minimum Gasteiger partial charge on any atom is -0.481 e. The molecule has 214 valence electrons. The molecule has 0 radical (unpaired) electrons. The van der Waals surface area contributed by atoms with Crippen LogP contribution in [0.15, 0.2) is 60.7 Å². The number of pyridine rings is 2. The third-order valence-electron chi connectivity index (χ3n) is 7.51. The van der Waals surface area contributed by atoms with Gasteiger partial charge in [-0.2, -0.15) is 0 Å².